The monoisotopic (exact) mass is 382 g/mol. The zero-order valence-electron chi connectivity index (χ0n) is 14.9. The van der Waals surface area contributed by atoms with Gasteiger partial charge in [-0.1, -0.05) is 5.16 Å². The largest absolute Gasteiger partial charge is 0.493 e. The Labute approximate surface area is 152 Å². The summed E-state index contributed by atoms with van der Waals surface area (Å²) >= 11 is 0. The van der Waals surface area contributed by atoms with Gasteiger partial charge in [-0.3, -0.25) is 0 Å². The van der Waals surface area contributed by atoms with Crippen molar-refractivity contribution in [2.45, 2.75) is 32.9 Å². The lowest BCUT2D eigenvalue weighted by molar-refractivity contribution is -0.159. The summed E-state index contributed by atoms with van der Waals surface area (Å²) in [5.41, 5.74) is 1.96. The molecule has 2 heterocycles. The van der Waals surface area contributed by atoms with Crippen molar-refractivity contribution in [1.82, 2.24) is 30.3 Å². The first kappa shape index (κ1) is 18.8. The smallest absolute Gasteiger partial charge is 0.471 e. The van der Waals surface area contributed by atoms with E-state index in [0.717, 1.165) is 11.1 Å². The molecule has 3 aromatic rings. The summed E-state index contributed by atoms with van der Waals surface area (Å²) in [4.78, 5) is 4.80. The SMILES string of the molecule is Cc1cc(-c2noc(C(F)(F)F)n2)cc(C)c1OCCCc1nnn(C)n1. The highest BCUT2D eigenvalue weighted by molar-refractivity contribution is 5.61. The van der Waals surface area contributed by atoms with Crippen LogP contribution in [-0.2, 0) is 19.6 Å². The van der Waals surface area contributed by atoms with E-state index in [9.17, 15) is 13.2 Å². The van der Waals surface area contributed by atoms with E-state index in [4.69, 9.17) is 4.74 Å². The fourth-order valence-corrected chi connectivity index (χ4v) is 2.59. The maximum atomic E-state index is 12.6. The number of hydrogen-bond donors (Lipinski definition) is 0. The molecule has 0 atom stereocenters. The molecule has 27 heavy (non-hydrogen) atoms. The number of alkyl halides is 3. The second-order valence-electron chi connectivity index (χ2n) is 6.01. The van der Waals surface area contributed by atoms with Crippen LogP contribution in [-0.4, -0.2) is 37.0 Å². The van der Waals surface area contributed by atoms with Crippen molar-refractivity contribution in [1.29, 1.82) is 0 Å². The van der Waals surface area contributed by atoms with Crippen molar-refractivity contribution in [3.8, 4) is 17.1 Å². The number of ether oxygens (including phenoxy) is 1. The highest BCUT2D eigenvalue weighted by atomic mass is 19.4. The van der Waals surface area contributed by atoms with E-state index in [-0.39, 0.29) is 5.82 Å². The second kappa shape index (κ2) is 7.33. The van der Waals surface area contributed by atoms with Crippen LogP contribution in [0.25, 0.3) is 11.4 Å². The lowest BCUT2D eigenvalue weighted by Crippen LogP contribution is -2.05. The molecule has 0 saturated heterocycles. The molecule has 8 nitrogen and oxygen atoms in total. The zero-order valence-corrected chi connectivity index (χ0v) is 14.9. The standard InChI is InChI=1S/C16H17F3N6O2/c1-9-7-11(14-20-15(27-23-14)16(17,18)19)8-10(2)13(9)26-6-4-5-12-21-24-25(3)22-12/h7-8H,4-6H2,1-3H3. The lowest BCUT2D eigenvalue weighted by Gasteiger charge is -2.13. The van der Waals surface area contributed by atoms with Gasteiger partial charge in [0, 0.05) is 12.0 Å². The Morgan fingerprint density at radius 2 is 1.89 bits per heavy atom. The number of tetrazole rings is 1. The topological polar surface area (TPSA) is 91.8 Å². The van der Waals surface area contributed by atoms with Crippen molar-refractivity contribution >= 4 is 0 Å². The number of hydrogen-bond acceptors (Lipinski definition) is 7. The summed E-state index contributed by atoms with van der Waals surface area (Å²) in [6.45, 7) is 4.06. The van der Waals surface area contributed by atoms with Crippen LogP contribution < -0.4 is 4.74 Å². The molecule has 11 heteroatoms. The van der Waals surface area contributed by atoms with E-state index in [1.807, 2.05) is 0 Å². The van der Waals surface area contributed by atoms with Gasteiger partial charge >= 0.3 is 12.1 Å². The molecule has 0 spiro atoms. The first-order chi connectivity index (χ1) is 12.7. The fourth-order valence-electron chi connectivity index (χ4n) is 2.59. The molecule has 0 amide bonds. The average Bonchev–Trinajstić information content (AvgIpc) is 3.22. The molecule has 0 fully saturated rings. The lowest BCUT2D eigenvalue weighted by atomic mass is 10.1. The molecular weight excluding hydrogens is 365 g/mol. The van der Waals surface area contributed by atoms with Crippen molar-refractivity contribution in [3.05, 3.63) is 35.0 Å². The molecular formula is C16H17F3N6O2. The molecule has 0 radical (unpaired) electrons. The van der Waals surface area contributed by atoms with E-state index in [1.54, 1.807) is 33.0 Å². The van der Waals surface area contributed by atoms with E-state index < -0.39 is 12.1 Å². The van der Waals surface area contributed by atoms with Gasteiger partial charge < -0.3 is 9.26 Å². The van der Waals surface area contributed by atoms with Gasteiger partial charge in [0.05, 0.1) is 13.7 Å². The van der Waals surface area contributed by atoms with Crippen LogP contribution in [0.1, 0.15) is 29.3 Å². The summed E-state index contributed by atoms with van der Waals surface area (Å²) in [6.07, 6.45) is -3.34. The van der Waals surface area contributed by atoms with Crippen LogP contribution in [0.15, 0.2) is 16.7 Å². The maximum Gasteiger partial charge on any atom is 0.471 e. The predicted octanol–water partition coefficient (Wildman–Crippen LogP) is 2.91. The normalized spacial score (nSPS) is 11.8. The van der Waals surface area contributed by atoms with Gasteiger partial charge in [0.25, 0.3) is 0 Å². The number of aryl methyl sites for hydroxylation is 4. The van der Waals surface area contributed by atoms with Crippen LogP contribution in [0.4, 0.5) is 13.2 Å². The van der Waals surface area contributed by atoms with Crippen LogP contribution in [0.5, 0.6) is 5.75 Å². The van der Waals surface area contributed by atoms with Gasteiger partial charge in [0.2, 0.25) is 5.82 Å². The number of halogens is 3. The minimum absolute atomic E-state index is 0.117. The van der Waals surface area contributed by atoms with Crippen LogP contribution in [0.2, 0.25) is 0 Å². The molecule has 0 aliphatic heterocycles. The number of nitrogens with zero attached hydrogens (tertiary/aromatic N) is 6. The fraction of sp³-hybridized carbons (Fsp3) is 0.438. The van der Waals surface area contributed by atoms with Crippen molar-refractivity contribution in [2.24, 2.45) is 7.05 Å². The molecule has 0 unspecified atom stereocenters. The van der Waals surface area contributed by atoms with Gasteiger partial charge in [-0.25, -0.2) is 0 Å². The average molecular weight is 382 g/mol. The molecule has 0 aliphatic rings. The summed E-state index contributed by atoms with van der Waals surface area (Å²) in [5, 5.41) is 15.2. The molecule has 144 valence electrons. The number of benzene rings is 1. The molecule has 3 rings (SSSR count). The summed E-state index contributed by atoms with van der Waals surface area (Å²) in [7, 11) is 1.70. The zero-order chi connectivity index (χ0) is 19.6. The second-order valence-corrected chi connectivity index (χ2v) is 6.01. The minimum Gasteiger partial charge on any atom is -0.493 e. The summed E-state index contributed by atoms with van der Waals surface area (Å²) in [5.74, 6) is -0.174. The van der Waals surface area contributed by atoms with Gasteiger partial charge in [-0.2, -0.15) is 23.0 Å². The molecule has 0 aliphatic carbocycles. The Bertz CT molecular complexity index is 911. The Balaban J connectivity index is 1.66. The first-order valence-corrected chi connectivity index (χ1v) is 8.12. The predicted molar refractivity (Wildman–Crippen MR) is 86.8 cm³/mol. The summed E-state index contributed by atoms with van der Waals surface area (Å²) in [6, 6.07) is 3.33. The molecule has 0 saturated carbocycles. The first-order valence-electron chi connectivity index (χ1n) is 8.12. The van der Waals surface area contributed by atoms with Crippen LogP contribution in [0.3, 0.4) is 0 Å². The third-order valence-electron chi connectivity index (χ3n) is 3.73. The molecule has 0 bridgehead atoms. The quantitative estimate of drug-likeness (QED) is 0.605. The van der Waals surface area contributed by atoms with Crippen molar-refractivity contribution in [3.63, 3.8) is 0 Å². The van der Waals surface area contributed by atoms with E-state index >= 15 is 0 Å². The van der Waals surface area contributed by atoms with E-state index in [0.29, 0.717) is 36.6 Å². The number of aromatic nitrogens is 6. The van der Waals surface area contributed by atoms with Crippen LogP contribution in [0, 0.1) is 13.8 Å². The molecule has 2 aromatic heterocycles. The highest BCUT2D eigenvalue weighted by Gasteiger charge is 2.38. The Morgan fingerprint density at radius 1 is 1.19 bits per heavy atom. The Kier molecular flexibility index (Phi) is 5.10. The molecule has 0 N–H and O–H groups in total. The van der Waals surface area contributed by atoms with Gasteiger partial charge in [-0.15, -0.1) is 10.2 Å². The third kappa shape index (κ3) is 4.41. The van der Waals surface area contributed by atoms with Crippen molar-refractivity contribution < 1.29 is 22.4 Å². The van der Waals surface area contributed by atoms with Gasteiger partial charge in [0.1, 0.15) is 5.75 Å². The summed E-state index contributed by atoms with van der Waals surface area (Å²) < 4.78 is 47.9. The van der Waals surface area contributed by atoms with E-state index in [1.165, 1.54) is 4.80 Å². The van der Waals surface area contributed by atoms with Gasteiger partial charge in [-0.05, 0) is 48.7 Å². The Morgan fingerprint density at radius 3 is 2.44 bits per heavy atom. The highest BCUT2D eigenvalue weighted by Crippen LogP contribution is 2.32. The Hall–Kier alpha value is -2.98. The molecule has 1 aromatic carbocycles. The number of rotatable bonds is 6. The van der Waals surface area contributed by atoms with Crippen molar-refractivity contribution in [2.75, 3.05) is 6.61 Å². The maximum absolute atomic E-state index is 12.6. The van der Waals surface area contributed by atoms with E-state index in [2.05, 4.69) is 30.1 Å². The third-order valence-corrected chi connectivity index (χ3v) is 3.73. The van der Waals surface area contributed by atoms with Gasteiger partial charge in [0.15, 0.2) is 5.82 Å². The minimum atomic E-state index is -4.67. The van der Waals surface area contributed by atoms with Crippen LogP contribution >= 0.6 is 0 Å².